The van der Waals surface area contributed by atoms with Gasteiger partial charge in [-0.15, -0.1) is 0 Å². The van der Waals surface area contributed by atoms with Gasteiger partial charge in [-0.2, -0.15) is 0 Å². The van der Waals surface area contributed by atoms with Crippen molar-refractivity contribution in [1.29, 1.82) is 0 Å². The van der Waals surface area contributed by atoms with Crippen LogP contribution in [0.5, 0.6) is 0 Å². The Morgan fingerprint density at radius 1 is 0.838 bits per heavy atom. The number of carbonyl (C=O) groups is 2. The standard InChI is InChI=1S/C29H35N3O4S/c1-4-27(29(34)30-20-23(2)3)31(21-24-14-8-5-9-15-24)28(33)22-32(25-16-10-6-11-17-25)37(35,36)26-18-12-7-13-19-26/h5-19,23,27H,4,20-22H2,1-3H3,(H,30,34)/t27-/m1/s1. The minimum atomic E-state index is -4.04. The van der Waals surface area contributed by atoms with Crippen LogP contribution in [0, 0.1) is 5.92 Å². The fourth-order valence-corrected chi connectivity index (χ4v) is 5.40. The van der Waals surface area contributed by atoms with E-state index in [1.165, 1.54) is 17.0 Å². The third kappa shape index (κ3) is 7.43. The van der Waals surface area contributed by atoms with Gasteiger partial charge >= 0.3 is 0 Å². The molecule has 0 aliphatic rings. The highest BCUT2D eigenvalue weighted by Gasteiger charge is 2.33. The second-order valence-corrected chi connectivity index (χ2v) is 11.1. The largest absolute Gasteiger partial charge is 0.354 e. The molecule has 3 rings (SSSR count). The van der Waals surface area contributed by atoms with Crippen molar-refractivity contribution in [2.45, 2.75) is 44.7 Å². The van der Waals surface area contributed by atoms with Crippen LogP contribution in [0.25, 0.3) is 0 Å². The molecule has 1 atom stereocenters. The number of hydrogen-bond acceptors (Lipinski definition) is 4. The molecule has 0 saturated carbocycles. The van der Waals surface area contributed by atoms with Crippen LogP contribution < -0.4 is 9.62 Å². The third-order valence-corrected chi connectivity index (χ3v) is 7.71. The lowest BCUT2D eigenvalue weighted by atomic mass is 10.1. The Bertz CT molecular complexity index is 1250. The average molecular weight is 522 g/mol. The number of amides is 2. The number of anilines is 1. The van der Waals surface area contributed by atoms with Crippen LogP contribution in [-0.4, -0.2) is 44.3 Å². The Morgan fingerprint density at radius 3 is 1.92 bits per heavy atom. The topological polar surface area (TPSA) is 86.8 Å². The highest BCUT2D eigenvalue weighted by molar-refractivity contribution is 7.92. The summed E-state index contributed by atoms with van der Waals surface area (Å²) < 4.78 is 28.5. The molecule has 196 valence electrons. The number of sulfonamides is 1. The van der Waals surface area contributed by atoms with Crippen molar-refractivity contribution in [2.24, 2.45) is 5.92 Å². The van der Waals surface area contributed by atoms with Crippen LogP contribution in [0.1, 0.15) is 32.8 Å². The number of hydrogen-bond donors (Lipinski definition) is 1. The van der Waals surface area contributed by atoms with E-state index in [1.807, 2.05) is 51.1 Å². The Hall–Kier alpha value is -3.65. The summed E-state index contributed by atoms with van der Waals surface area (Å²) in [5.74, 6) is -0.458. The summed E-state index contributed by atoms with van der Waals surface area (Å²) in [6.07, 6.45) is 0.388. The first-order valence-corrected chi connectivity index (χ1v) is 13.9. The van der Waals surface area contributed by atoms with Crippen LogP contribution in [-0.2, 0) is 26.2 Å². The first kappa shape index (κ1) is 27.9. The lowest BCUT2D eigenvalue weighted by molar-refractivity contribution is -0.140. The van der Waals surface area contributed by atoms with Crippen molar-refractivity contribution in [1.82, 2.24) is 10.2 Å². The Morgan fingerprint density at radius 2 is 1.38 bits per heavy atom. The summed E-state index contributed by atoms with van der Waals surface area (Å²) in [4.78, 5) is 28.6. The molecule has 37 heavy (non-hydrogen) atoms. The first-order chi connectivity index (χ1) is 17.7. The monoisotopic (exact) mass is 521 g/mol. The van der Waals surface area contributed by atoms with E-state index in [1.54, 1.807) is 48.5 Å². The predicted octanol–water partition coefficient (Wildman–Crippen LogP) is 4.46. The summed E-state index contributed by atoms with van der Waals surface area (Å²) in [5.41, 5.74) is 1.22. The van der Waals surface area contributed by atoms with Crippen molar-refractivity contribution in [2.75, 3.05) is 17.4 Å². The second kappa shape index (κ2) is 13.1. The van der Waals surface area contributed by atoms with E-state index in [2.05, 4.69) is 5.32 Å². The van der Waals surface area contributed by atoms with Gasteiger partial charge in [0.05, 0.1) is 10.6 Å². The van der Waals surface area contributed by atoms with E-state index in [4.69, 9.17) is 0 Å². The SMILES string of the molecule is CC[C@H](C(=O)NCC(C)C)N(Cc1ccccc1)C(=O)CN(c1ccccc1)S(=O)(=O)c1ccccc1. The van der Waals surface area contributed by atoms with Crippen LogP contribution in [0.4, 0.5) is 5.69 Å². The van der Waals surface area contributed by atoms with E-state index in [-0.39, 0.29) is 23.3 Å². The molecule has 8 heteroatoms. The van der Waals surface area contributed by atoms with Crippen molar-refractivity contribution in [3.63, 3.8) is 0 Å². The number of para-hydroxylation sites is 1. The van der Waals surface area contributed by atoms with Crippen LogP contribution in [0.2, 0.25) is 0 Å². The van der Waals surface area contributed by atoms with Crippen molar-refractivity contribution in [3.05, 3.63) is 96.6 Å². The van der Waals surface area contributed by atoms with E-state index >= 15 is 0 Å². The van der Waals surface area contributed by atoms with E-state index in [0.717, 1.165) is 9.87 Å². The Balaban J connectivity index is 1.99. The highest BCUT2D eigenvalue weighted by atomic mass is 32.2. The summed E-state index contributed by atoms with van der Waals surface area (Å²) in [6.45, 7) is 6.08. The van der Waals surface area contributed by atoms with Crippen LogP contribution in [0.15, 0.2) is 95.9 Å². The summed E-state index contributed by atoms with van der Waals surface area (Å²) >= 11 is 0. The average Bonchev–Trinajstić information content (AvgIpc) is 2.91. The highest BCUT2D eigenvalue weighted by Crippen LogP contribution is 2.24. The smallest absolute Gasteiger partial charge is 0.264 e. The second-order valence-electron chi connectivity index (χ2n) is 9.23. The van der Waals surface area contributed by atoms with Gasteiger partial charge in [0.1, 0.15) is 12.6 Å². The van der Waals surface area contributed by atoms with Crippen molar-refractivity contribution < 1.29 is 18.0 Å². The van der Waals surface area contributed by atoms with Crippen LogP contribution >= 0.6 is 0 Å². The fourth-order valence-electron chi connectivity index (χ4n) is 3.96. The molecule has 0 saturated heterocycles. The molecule has 0 radical (unpaired) electrons. The van der Waals surface area contributed by atoms with E-state index < -0.39 is 28.5 Å². The van der Waals surface area contributed by atoms with Gasteiger partial charge < -0.3 is 10.2 Å². The first-order valence-electron chi connectivity index (χ1n) is 12.5. The molecule has 0 aliphatic heterocycles. The van der Waals surface area contributed by atoms with Crippen molar-refractivity contribution in [3.8, 4) is 0 Å². The number of carbonyl (C=O) groups excluding carboxylic acids is 2. The molecule has 7 nitrogen and oxygen atoms in total. The molecule has 0 fully saturated rings. The molecule has 3 aromatic rings. The zero-order chi connectivity index (χ0) is 26.8. The lowest BCUT2D eigenvalue weighted by Gasteiger charge is -2.33. The lowest BCUT2D eigenvalue weighted by Crippen LogP contribution is -2.52. The van der Waals surface area contributed by atoms with Gasteiger partial charge in [-0.25, -0.2) is 8.42 Å². The zero-order valence-corrected chi connectivity index (χ0v) is 22.4. The summed E-state index contributed by atoms with van der Waals surface area (Å²) in [5, 5.41) is 2.93. The quantitative estimate of drug-likeness (QED) is 0.381. The molecule has 0 aliphatic carbocycles. The summed E-state index contributed by atoms with van der Waals surface area (Å²) in [6, 6.07) is 25.2. The van der Waals surface area contributed by atoms with Crippen LogP contribution in [0.3, 0.4) is 0 Å². The Labute approximate surface area is 220 Å². The number of nitrogens with zero attached hydrogens (tertiary/aromatic N) is 2. The molecule has 0 spiro atoms. The minimum absolute atomic E-state index is 0.0861. The summed E-state index contributed by atoms with van der Waals surface area (Å²) in [7, 11) is -4.04. The molecule has 0 bridgehead atoms. The molecule has 2 amide bonds. The number of rotatable bonds is 12. The van der Waals surface area contributed by atoms with Gasteiger partial charge in [-0.1, -0.05) is 87.5 Å². The molecule has 3 aromatic carbocycles. The maximum atomic E-state index is 13.9. The van der Waals surface area contributed by atoms with E-state index in [9.17, 15) is 18.0 Å². The zero-order valence-electron chi connectivity index (χ0n) is 21.6. The normalized spacial score (nSPS) is 12.1. The molecule has 0 aromatic heterocycles. The van der Waals surface area contributed by atoms with Gasteiger partial charge in [-0.05, 0) is 42.2 Å². The predicted molar refractivity (Wildman–Crippen MR) is 146 cm³/mol. The van der Waals surface area contributed by atoms with E-state index in [0.29, 0.717) is 18.7 Å². The molecule has 1 N–H and O–H groups in total. The van der Waals surface area contributed by atoms with Gasteiger partial charge in [0, 0.05) is 13.1 Å². The van der Waals surface area contributed by atoms with Gasteiger partial charge in [0.25, 0.3) is 10.0 Å². The van der Waals surface area contributed by atoms with Gasteiger partial charge in [0.15, 0.2) is 0 Å². The Kier molecular flexibility index (Phi) is 9.85. The van der Waals surface area contributed by atoms with Gasteiger partial charge in [0.2, 0.25) is 11.8 Å². The third-order valence-electron chi connectivity index (χ3n) is 5.92. The molecule has 0 unspecified atom stereocenters. The minimum Gasteiger partial charge on any atom is -0.354 e. The molecule has 0 heterocycles. The molecular weight excluding hydrogens is 486 g/mol. The van der Waals surface area contributed by atoms with Crippen molar-refractivity contribution >= 4 is 27.5 Å². The maximum Gasteiger partial charge on any atom is 0.264 e. The fraction of sp³-hybridized carbons (Fsp3) is 0.310. The van der Waals surface area contributed by atoms with Gasteiger partial charge in [-0.3, -0.25) is 13.9 Å². The molecular formula is C29H35N3O4S. The maximum absolute atomic E-state index is 13.9. The number of benzene rings is 3. The number of nitrogens with one attached hydrogen (secondary N) is 1.